The first-order valence-electron chi connectivity index (χ1n) is 6.41. The molecule has 1 fully saturated rings. The van der Waals surface area contributed by atoms with E-state index in [-0.39, 0.29) is 10.8 Å². The maximum atomic E-state index is 12.4. The number of halogens is 1. The Morgan fingerprint density at radius 1 is 1.15 bits per heavy atom. The zero-order valence-electron chi connectivity index (χ0n) is 11.2. The van der Waals surface area contributed by atoms with Crippen molar-refractivity contribution < 1.29 is 13.2 Å². The summed E-state index contributed by atoms with van der Waals surface area (Å²) in [5.41, 5.74) is 0. The van der Waals surface area contributed by atoms with Gasteiger partial charge in [-0.1, -0.05) is 18.2 Å². The predicted molar refractivity (Wildman–Crippen MR) is 77.1 cm³/mol. The van der Waals surface area contributed by atoms with Gasteiger partial charge in [-0.05, 0) is 19.1 Å². The molecule has 0 aromatic heterocycles. The quantitative estimate of drug-likeness (QED) is 0.786. The van der Waals surface area contributed by atoms with E-state index in [9.17, 15) is 13.2 Å². The Kier molecular flexibility index (Phi) is 4.67. The summed E-state index contributed by atoms with van der Waals surface area (Å²) in [6.07, 6.45) is 0. The number of hydrogen-bond acceptors (Lipinski definition) is 3. The average molecular weight is 317 g/mol. The average Bonchev–Trinajstić information content (AvgIpc) is 2.47. The Morgan fingerprint density at radius 3 is 2.20 bits per heavy atom. The molecule has 1 aliphatic heterocycles. The molecule has 0 saturated carbocycles. The molecule has 1 aromatic carbocycles. The number of carbonyl (C=O) groups is 1. The van der Waals surface area contributed by atoms with Crippen molar-refractivity contribution in [3.8, 4) is 0 Å². The molecular formula is C13H17ClN2O3S. The first-order chi connectivity index (χ1) is 9.43. The van der Waals surface area contributed by atoms with E-state index in [4.69, 9.17) is 11.6 Å². The number of rotatable bonds is 3. The lowest BCUT2D eigenvalue weighted by atomic mass is 10.3. The molecule has 0 N–H and O–H groups in total. The number of nitrogens with zero attached hydrogens (tertiary/aromatic N) is 2. The zero-order chi connectivity index (χ0) is 14.8. The highest BCUT2D eigenvalue weighted by Crippen LogP contribution is 2.17. The summed E-state index contributed by atoms with van der Waals surface area (Å²) in [7, 11) is -3.47. The predicted octanol–water partition coefficient (Wildman–Crippen LogP) is 1.15. The van der Waals surface area contributed by atoms with Gasteiger partial charge in [-0.15, -0.1) is 11.6 Å². The van der Waals surface area contributed by atoms with Crippen LogP contribution in [0.4, 0.5) is 0 Å². The molecule has 110 valence electrons. The summed E-state index contributed by atoms with van der Waals surface area (Å²) in [4.78, 5) is 13.6. The Balaban J connectivity index is 2.06. The fraction of sp³-hybridized carbons (Fsp3) is 0.462. The maximum Gasteiger partial charge on any atom is 0.243 e. The SMILES string of the molecule is C[C@H](Cl)C(=O)N1CCN(S(=O)(=O)c2ccccc2)CC1. The fourth-order valence-electron chi connectivity index (χ4n) is 2.14. The number of benzene rings is 1. The molecule has 20 heavy (non-hydrogen) atoms. The smallest absolute Gasteiger partial charge is 0.243 e. The number of alkyl halides is 1. The third kappa shape index (κ3) is 3.13. The van der Waals surface area contributed by atoms with E-state index >= 15 is 0 Å². The summed E-state index contributed by atoms with van der Waals surface area (Å²) >= 11 is 5.76. The van der Waals surface area contributed by atoms with Crippen LogP contribution in [0.5, 0.6) is 0 Å². The van der Waals surface area contributed by atoms with Crippen molar-refractivity contribution in [1.29, 1.82) is 0 Å². The number of sulfonamides is 1. The van der Waals surface area contributed by atoms with Gasteiger partial charge in [-0.2, -0.15) is 4.31 Å². The second-order valence-corrected chi connectivity index (χ2v) is 7.25. The van der Waals surface area contributed by atoms with Crippen molar-refractivity contribution in [1.82, 2.24) is 9.21 Å². The van der Waals surface area contributed by atoms with E-state index in [2.05, 4.69) is 0 Å². The first kappa shape index (κ1) is 15.3. The van der Waals surface area contributed by atoms with Crippen molar-refractivity contribution in [2.75, 3.05) is 26.2 Å². The van der Waals surface area contributed by atoms with Gasteiger partial charge in [0.25, 0.3) is 0 Å². The largest absolute Gasteiger partial charge is 0.339 e. The minimum Gasteiger partial charge on any atom is -0.339 e. The van der Waals surface area contributed by atoms with Gasteiger partial charge in [0.1, 0.15) is 5.38 Å². The van der Waals surface area contributed by atoms with Crippen molar-refractivity contribution in [2.45, 2.75) is 17.2 Å². The Hall–Kier alpha value is -1.11. The standard InChI is InChI=1S/C13H17ClN2O3S/c1-11(14)13(17)15-7-9-16(10-8-15)20(18,19)12-5-3-2-4-6-12/h2-6,11H,7-10H2,1H3/t11-/m0/s1. The van der Waals surface area contributed by atoms with Gasteiger partial charge < -0.3 is 4.90 Å². The van der Waals surface area contributed by atoms with E-state index in [0.717, 1.165) is 0 Å². The summed E-state index contributed by atoms with van der Waals surface area (Å²) in [5, 5.41) is -0.577. The molecule has 0 radical (unpaired) electrons. The minimum absolute atomic E-state index is 0.150. The van der Waals surface area contributed by atoms with E-state index in [1.807, 2.05) is 0 Å². The molecule has 1 amide bonds. The van der Waals surface area contributed by atoms with Crippen LogP contribution in [0.15, 0.2) is 35.2 Å². The molecule has 7 heteroatoms. The van der Waals surface area contributed by atoms with E-state index < -0.39 is 15.4 Å². The minimum atomic E-state index is -3.47. The maximum absolute atomic E-state index is 12.4. The molecule has 2 rings (SSSR count). The lowest BCUT2D eigenvalue weighted by molar-refractivity contribution is -0.131. The highest BCUT2D eigenvalue weighted by Gasteiger charge is 2.30. The van der Waals surface area contributed by atoms with Crippen molar-refractivity contribution >= 4 is 27.5 Å². The summed E-state index contributed by atoms with van der Waals surface area (Å²) in [6.45, 7) is 2.97. The normalized spacial score (nSPS) is 18.8. The van der Waals surface area contributed by atoms with Crippen LogP contribution in [0.2, 0.25) is 0 Å². The molecule has 0 bridgehead atoms. The molecular weight excluding hydrogens is 300 g/mol. The summed E-state index contributed by atoms with van der Waals surface area (Å²) < 4.78 is 26.2. The molecule has 0 spiro atoms. The topological polar surface area (TPSA) is 57.7 Å². The molecule has 1 aromatic rings. The summed E-state index contributed by atoms with van der Waals surface area (Å²) in [5.74, 6) is -0.150. The molecule has 0 aliphatic carbocycles. The molecule has 1 atom stereocenters. The van der Waals surface area contributed by atoms with Crippen LogP contribution in [-0.4, -0.2) is 55.1 Å². The Bertz CT molecular complexity index is 567. The number of piperazine rings is 1. The Labute approximate surface area is 124 Å². The lowest BCUT2D eigenvalue weighted by Crippen LogP contribution is -2.51. The van der Waals surface area contributed by atoms with Crippen LogP contribution in [0.1, 0.15) is 6.92 Å². The van der Waals surface area contributed by atoms with Crippen LogP contribution >= 0.6 is 11.6 Å². The van der Waals surface area contributed by atoms with E-state index in [1.165, 1.54) is 4.31 Å². The number of amides is 1. The fourth-order valence-corrected chi connectivity index (χ4v) is 3.72. The zero-order valence-corrected chi connectivity index (χ0v) is 12.8. The van der Waals surface area contributed by atoms with E-state index in [1.54, 1.807) is 42.2 Å². The Morgan fingerprint density at radius 2 is 1.70 bits per heavy atom. The van der Waals surface area contributed by atoms with Gasteiger partial charge in [0.05, 0.1) is 4.90 Å². The van der Waals surface area contributed by atoms with Gasteiger partial charge in [-0.25, -0.2) is 8.42 Å². The highest BCUT2D eigenvalue weighted by atomic mass is 35.5. The van der Waals surface area contributed by atoms with Gasteiger partial charge >= 0.3 is 0 Å². The van der Waals surface area contributed by atoms with Crippen molar-refractivity contribution in [2.24, 2.45) is 0 Å². The molecule has 5 nitrogen and oxygen atoms in total. The second kappa shape index (κ2) is 6.11. The number of carbonyl (C=O) groups excluding carboxylic acids is 1. The van der Waals surface area contributed by atoms with Crippen LogP contribution in [0.25, 0.3) is 0 Å². The van der Waals surface area contributed by atoms with Crippen LogP contribution < -0.4 is 0 Å². The van der Waals surface area contributed by atoms with E-state index in [0.29, 0.717) is 26.2 Å². The molecule has 0 unspecified atom stereocenters. The number of hydrogen-bond donors (Lipinski definition) is 0. The molecule has 1 heterocycles. The molecule has 1 saturated heterocycles. The van der Waals surface area contributed by atoms with Crippen LogP contribution in [-0.2, 0) is 14.8 Å². The van der Waals surface area contributed by atoms with Gasteiger partial charge in [-0.3, -0.25) is 4.79 Å². The monoisotopic (exact) mass is 316 g/mol. The van der Waals surface area contributed by atoms with Gasteiger partial charge in [0, 0.05) is 26.2 Å². The highest BCUT2D eigenvalue weighted by molar-refractivity contribution is 7.89. The van der Waals surface area contributed by atoms with Crippen LogP contribution in [0.3, 0.4) is 0 Å². The van der Waals surface area contributed by atoms with Gasteiger partial charge in [0.2, 0.25) is 15.9 Å². The third-order valence-corrected chi connectivity index (χ3v) is 5.37. The summed E-state index contributed by atoms with van der Waals surface area (Å²) in [6, 6.07) is 8.32. The molecule has 1 aliphatic rings. The van der Waals surface area contributed by atoms with Crippen molar-refractivity contribution in [3.63, 3.8) is 0 Å². The lowest BCUT2D eigenvalue weighted by Gasteiger charge is -2.34. The first-order valence-corrected chi connectivity index (χ1v) is 8.28. The third-order valence-electron chi connectivity index (χ3n) is 3.27. The second-order valence-electron chi connectivity index (χ2n) is 4.66. The van der Waals surface area contributed by atoms with Gasteiger partial charge in [0.15, 0.2) is 0 Å². The van der Waals surface area contributed by atoms with Crippen LogP contribution in [0, 0.1) is 0 Å². The van der Waals surface area contributed by atoms with Crippen molar-refractivity contribution in [3.05, 3.63) is 30.3 Å².